The van der Waals surface area contributed by atoms with Crippen molar-refractivity contribution < 1.29 is 22.4 Å². The van der Waals surface area contributed by atoms with Crippen LogP contribution in [0.1, 0.15) is 5.56 Å². The summed E-state index contributed by atoms with van der Waals surface area (Å²) < 4.78 is 51.9. The van der Waals surface area contributed by atoms with Gasteiger partial charge in [0.2, 0.25) is 0 Å². The van der Waals surface area contributed by atoms with E-state index in [1.165, 1.54) is 30.3 Å². The largest absolute Gasteiger partial charge is 0.418 e. The lowest BCUT2D eigenvalue weighted by molar-refractivity contribution is -0.136. The predicted octanol–water partition coefficient (Wildman–Crippen LogP) is 3.79. The van der Waals surface area contributed by atoms with Crippen molar-refractivity contribution in [1.82, 2.24) is 10.2 Å². The number of hydrogen-bond donors (Lipinski definition) is 2. The molecule has 0 saturated carbocycles. The molecule has 1 aliphatic heterocycles. The van der Waals surface area contributed by atoms with Crippen LogP contribution in [-0.4, -0.2) is 50.2 Å². The van der Waals surface area contributed by atoms with E-state index in [0.29, 0.717) is 13.1 Å². The SMILES string of the molecule is O=C(NCCN1CCN(c2ccc(F)cc2)CC1)Nc1ccccc1C(F)(F)F. The molecule has 3 rings (SSSR count). The molecule has 2 aromatic carbocycles. The molecule has 156 valence electrons. The van der Waals surface area contributed by atoms with E-state index < -0.39 is 17.8 Å². The maximum atomic E-state index is 13.0. The summed E-state index contributed by atoms with van der Waals surface area (Å²) in [6.45, 7) is 4.00. The maximum absolute atomic E-state index is 13.0. The summed E-state index contributed by atoms with van der Waals surface area (Å²) >= 11 is 0. The highest BCUT2D eigenvalue weighted by molar-refractivity contribution is 5.90. The molecule has 9 heteroatoms. The van der Waals surface area contributed by atoms with Crippen LogP contribution in [0.25, 0.3) is 0 Å². The fourth-order valence-electron chi connectivity index (χ4n) is 3.21. The molecule has 0 atom stereocenters. The third-order valence-electron chi connectivity index (χ3n) is 4.76. The Morgan fingerprint density at radius 1 is 0.966 bits per heavy atom. The van der Waals surface area contributed by atoms with Crippen molar-refractivity contribution in [3.63, 3.8) is 0 Å². The minimum atomic E-state index is -4.53. The third kappa shape index (κ3) is 5.83. The second kappa shape index (κ2) is 9.13. The molecule has 2 amide bonds. The predicted molar refractivity (Wildman–Crippen MR) is 104 cm³/mol. The molecule has 1 fully saturated rings. The summed E-state index contributed by atoms with van der Waals surface area (Å²) in [5.74, 6) is -0.269. The number of amides is 2. The summed E-state index contributed by atoms with van der Waals surface area (Å²) in [5, 5.41) is 4.85. The van der Waals surface area contributed by atoms with Gasteiger partial charge in [0.05, 0.1) is 11.3 Å². The zero-order chi connectivity index (χ0) is 20.9. The van der Waals surface area contributed by atoms with Crippen LogP contribution in [0.3, 0.4) is 0 Å². The van der Waals surface area contributed by atoms with Gasteiger partial charge in [-0.25, -0.2) is 9.18 Å². The van der Waals surface area contributed by atoms with Crippen molar-refractivity contribution in [3.05, 3.63) is 59.9 Å². The number of nitrogens with one attached hydrogen (secondary N) is 2. The van der Waals surface area contributed by atoms with Gasteiger partial charge in [-0.15, -0.1) is 0 Å². The van der Waals surface area contributed by atoms with Crippen LogP contribution < -0.4 is 15.5 Å². The quantitative estimate of drug-likeness (QED) is 0.738. The van der Waals surface area contributed by atoms with E-state index in [0.717, 1.165) is 37.9 Å². The van der Waals surface area contributed by atoms with Crippen molar-refractivity contribution in [2.45, 2.75) is 6.18 Å². The zero-order valence-corrected chi connectivity index (χ0v) is 15.7. The Labute approximate surface area is 166 Å². The summed E-state index contributed by atoms with van der Waals surface area (Å²) in [4.78, 5) is 16.3. The molecule has 2 aromatic rings. The monoisotopic (exact) mass is 410 g/mol. The normalized spacial score (nSPS) is 15.2. The van der Waals surface area contributed by atoms with Crippen LogP contribution >= 0.6 is 0 Å². The Balaban J connectivity index is 1.41. The van der Waals surface area contributed by atoms with Crippen molar-refractivity contribution in [2.75, 3.05) is 49.5 Å². The van der Waals surface area contributed by atoms with Gasteiger partial charge in [-0.3, -0.25) is 4.90 Å². The second-order valence-corrected chi connectivity index (χ2v) is 6.73. The van der Waals surface area contributed by atoms with Crippen LogP contribution in [0.5, 0.6) is 0 Å². The first-order valence-corrected chi connectivity index (χ1v) is 9.27. The second-order valence-electron chi connectivity index (χ2n) is 6.73. The Bertz CT molecular complexity index is 818. The molecule has 1 saturated heterocycles. The average Bonchev–Trinajstić information content (AvgIpc) is 2.69. The van der Waals surface area contributed by atoms with E-state index in [9.17, 15) is 22.4 Å². The highest BCUT2D eigenvalue weighted by Gasteiger charge is 2.33. The first-order chi connectivity index (χ1) is 13.8. The van der Waals surface area contributed by atoms with Crippen molar-refractivity contribution in [2.24, 2.45) is 0 Å². The molecular weight excluding hydrogens is 388 g/mol. The Hall–Kier alpha value is -2.81. The van der Waals surface area contributed by atoms with E-state index >= 15 is 0 Å². The van der Waals surface area contributed by atoms with Crippen molar-refractivity contribution in [3.8, 4) is 0 Å². The topological polar surface area (TPSA) is 47.6 Å². The lowest BCUT2D eigenvalue weighted by atomic mass is 10.1. The molecule has 0 aromatic heterocycles. The first-order valence-electron chi connectivity index (χ1n) is 9.27. The van der Waals surface area contributed by atoms with Crippen molar-refractivity contribution >= 4 is 17.4 Å². The molecule has 0 radical (unpaired) electrons. The van der Waals surface area contributed by atoms with Gasteiger partial charge < -0.3 is 15.5 Å². The van der Waals surface area contributed by atoms with Gasteiger partial charge in [0.25, 0.3) is 0 Å². The Morgan fingerprint density at radius 3 is 2.28 bits per heavy atom. The molecule has 1 aliphatic rings. The van der Waals surface area contributed by atoms with Crippen LogP contribution in [0.15, 0.2) is 48.5 Å². The van der Waals surface area contributed by atoms with Gasteiger partial charge in [-0.2, -0.15) is 13.2 Å². The first kappa shape index (κ1) is 20.9. The Kier molecular flexibility index (Phi) is 6.58. The fraction of sp³-hybridized carbons (Fsp3) is 0.350. The number of urea groups is 1. The van der Waals surface area contributed by atoms with Gasteiger partial charge in [-0.05, 0) is 36.4 Å². The van der Waals surface area contributed by atoms with E-state index in [1.54, 1.807) is 12.1 Å². The number of para-hydroxylation sites is 1. The summed E-state index contributed by atoms with van der Waals surface area (Å²) in [6.07, 6.45) is -4.53. The molecule has 0 unspecified atom stereocenters. The van der Waals surface area contributed by atoms with E-state index in [-0.39, 0.29) is 11.5 Å². The molecule has 0 aliphatic carbocycles. The smallest absolute Gasteiger partial charge is 0.369 e. The molecule has 0 bridgehead atoms. The molecule has 1 heterocycles. The van der Waals surface area contributed by atoms with Gasteiger partial charge in [0.15, 0.2) is 0 Å². The number of anilines is 2. The number of carbonyl (C=O) groups is 1. The Morgan fingerprint density at radius 2 is 1.62 bits per heavy atom. The maximum Gasteiger partial charge on any atom is 0.418 e. The van der Waals surface area contributed by atoms with Crippen LogP contribution in [0.2, 0.25) is 0 Å². The lowest BCUT2D eigenvalue weighted by Crippen LogP contribution is -2.48. The minimum absolute atomic E-state index is 0.269. The number of halogens is 4. The number of piperazine rings is 1. The van der Waals surface area contributed by atoms with Crippen LogP contribution in [0, 0.1) is 5.82 Å². The highest BCUT2D eigenvalue weighted by Crippen LogP contribution is 2.34. The molecule has 0 spiro atoms. The highest BCUT2D eigenvalue weighted by atomic mass is 19.4. The number of rotatable bonds is 5. The molecular formula is C20H22F4N4O. The standard InChI is InChI=1S/C20H22F4N4O/c21-15-5-7-16(8-6-15)28-13-11-27(12-14-28)10-9-25-19(29)26-18-4-2-1-3-17(18)20(22,23)24/h1-8H,9-14H2,(H2,25,26,29). The minimum Gasteiger partial charge on any atom is -0.369 e. The van der Waals surface area contributed by atoms with Gasteiger partial charge in [0.1, 0.15) is 5.82 Å². The van der Waals surface area contributed by atoms with Crippen molar-refractivity contribution in [1.29, 1.82) is 0 Å². The van der Waals surface area contributed by atoms with E-state index in [4.69, 9.17) is 0 Å². The number of carbonyl (C=O) groups excluding carboxylic acids is 1. The van der Waals surface area contributed by atoms with Gasteiger partial charge in [0, 0.05) is 45.0 Å². The van der Waals surface area contributed by atoms with Gasteiger partial charge in [-0.1, -0.05) is 12.1 Å². The number of alkyl halides is 3. The molecule has 29 heavy (non-hydrogen) atoms. The summed E-state index contributed by atoms with van der Waals surface area (Å²) in [7, 11) is 0. The number of benzene rings is 2. The summed E-state index contributed by atoms with van der Waals surface area (Å²) in [6, 6.07) is 10.5. The lowest BCUT2D eigenvalue weighted by Gasteiger charge is -2.36. The fourth-order valence-corrected chi connectivity index (χ4v) is 3.21. The van der Waals surface area contributed by atoms with Crippen LogP contribution in [-0.2, 0) is 6.18 Å². The van der Waals surface area contributed by atoms with E-state index in [1.807, 2.05) is 0 Å². The van der Waals surface area contributed by atoms with Crippen LogP contribution in [0.4, 0.5) is 33.7 Å². The average molecular weight is 410 g/mol. The number of nitrogens with zero attached hydrogens (tertiary/aromatic N) is 2. The zero-order valence-electron chi connectivity index (χ0n) is 15.7. The molecule has 2 N–H and O–H groups in total. The third-order valence-corrected chi connectivity index (χ3v) is 4.76. The summed E-state index contributed by atoms with van der Waals surface area (Å²) in [5.41, 5.74) is -0.190. The van der Waals surface area contributed by atoms with E-state index in [2.05, 4.69) is 20.4 Å². The molecule has 5 nitrogen and oxygen atoms in total. The van der Waals surface area contributed by atoms with Gasteiger partial charge >= 0.3 is 12.2 Å². The number of hydrogen-bond acceptors (Lipinski definition) is 3.